The van der Waals surface area contributed by atoms with Gasteiger partial charge in [-0.3, -0.25) is 4.79 Å². The van der Waals surface area contributed by atoms with Gasteiger partial charge in [0.05, 0.1) is 23.7 Å². The summed E-state index contributed by atoms with van der Waals surface area (Å²) in [5.41, 5.74) is -1.16. The summed E-state index contributed by atoms with van der Waals surface area (Å²) in [6.07, 6.45) is 5.06. The van der Waals surface area contributed by atoms with Crippen LogP contribution in [-0.2, 0) is 14.3 Å². The van der Waals surface area contributed by atoms with Crippen LogP contribution in [0.1, 0.15) is 106 Å². The molecule has 5 aliphatic carbocycles. The van der Waals surface area contributed by atoms with E-state index in [4.69, 9.17) is 9.47 Å². The van der Waals surface area contributed by atoms with E-state index < -0.39 is 41.6 Å². The Kier molecular flexibility index (Phi) is 7.41. The molecular formula is C35H56O8. The number of allylic oxidation sites excluding steroid dienone is 1. The number of fused-ring (bicyclic) bond motifs is 7. The largest absolute Gasteiger partial charge is 0.481 e. The van der Waals surface area contributed by atoms with E-state index in [1.165, 1.54) is 5.57 Å². The molecular weight excluding hydrogens is 548 g/mol. The first kappa shape index (κ1) is 31.9. The van der Waals surface area contributed by atoms with E-state index in [9.17, 15) is 30.3 Å². The molecule has 6 rings (SSSR count). The average Bonchev–Trinajstić information content (AvgIpc) is 2.92. The highest BCUT2D eigenvalue weighted by Crippen LogP contribution is 2.76. The summed E-state index contributed by atoms with van der Waals surface area (Å²) in [6.45, 7) is 15.8. The van der Waals surface area contributed by atoms with E-state index in [-0.39, 0.29) is 46.2 Å². The summed E-state index contributed by atoms with van der Waals surface area (Å²) < 4.78 is 12.1. The molecule has 8 heteroatoms. The Balaban J connectivity index is 1.33. The maximum Gasteiger partial charge on any atom is 0.310 e. The van der Waals surface area contributed by atoms with Gasteiger partial charge in [0.15, 0.2) is 6.29 Å². The van der Waals surface area contributed by atoms with Gasteiger partial charge in [0.2, 0.25) is 0 Å². The van der Waals surface area contributed by atoms with Gasteiger partial charge < -0.3 is 35.0 Å². The van der Waals surface area contributed by atoms with Crippen molar-refractivity contribution in [2.45, 2.75) is 143 Å². The van der Waals surface area contributed by atoms with Crippen LogP contribution in [0.15, 0.2) is 11.6 Å². The summed E-state index contributed by atoms with van der Waals surface area (Å²) in [7, 11) is 0. The van der Waals surface area contributed by atoms with Crippen molar-refractivity contribution in [1.29, 1.82) is 0 Å². The van der Waals surface area contributed by atoms with Gasteiger partial charge in [-0.05, 0) is 104 Å². The van der Waals surface area contributed by atoms with Crippen LogP contribution in [0.25, 0.3) is 0 Å². The number of aliphatic hydroxyl groups excluding tert-OH is 3. The minimum Gasteiger partial charge on any atom is -0.481 e. The second-order valence-electron chi connectivity index (χ2n) is 17.1. The van der Waals surface area contributed by atoms with Crippen LogP contribution >= 0.6 is 0 Å². The molecule has 0 amide bonds. The molecule has 0 unspecified atom stereocenters. The SMILES string of the molecule is C[C@H]1CC[C@]2(C(=O)O)CC[C@]3(C)C(=CC[C@@H]4[C@@]5(C)CC[C@H](O[C@H]6OC[C@H](O)[C@H](O)[C@H]6O)C(C)(C)[C@@H]5CC[C@]43C)[C@@H]2[C@]1(C)O. The van der Waals surface area contributed by atoms with Gasteiger partial charge in [-0.2, -0.15) is 0 Å². The number of hydrogen-bond acceptors (Lipinski definition) is 7. The molecule has 0 aromatic rings. The zero-order valence-corrected chi connectivity index (χ0v) is 27.3. The molecule has 1 aliphatic heterocycles. The Labute approximate surface area is 257 Å². The molecule has 0 spiro atoms. The Morgan fingerprint density at radius 1 is 0.907 bits per heavy atom. The lowest BCUT2D eigenvalue weighted by Crippen LogP contribution is -2.68. The molecule has 0 aromatic heterocycles. The highest BCUT2D eigenvalue weighted by molar-refractivity contribution is 5.77. The lowest BCUT2D eigenvalue weighted by atomic mass is 9.33. The van der Waals surface area contributed by atoms with E-state index in [0.717, 1.165) is 44.9 Å². The molecule has 1 heterocycles. The second-order valence-corrected chi connectivity index (χ2v) is 17.1. The van der Waals surface area contributed by atoms with Crippen LogP contribution in [0.4, 0.5) is 0 Å². The highest BCUT2D eigenvalue weighted by Gasteiger charge is 2.71. The number of carboxylic acids is 1. The Morgan fingerprint density at radius 3 is 2.28 bits per heavy atom. The Bertz CT molecular complexity index is 1160. The van der Waals surface area contributed by atoms with Gasteiger partial charge in [0, 0.05) is 5.92 Å². The van der Waals surface area contributed by atoms with Crippen molar-refractivity contribution in [2.24, 2.45) is 50.7 Å². The molecule has 1 saturated heterocycles. The monoisotopic (exact) mass is 604 g/mol. The second kappa shape index (κ2) is 9.98. The number of hydrogen-bond donors (Lipinski definition) is 5. The lowest BCUT2D eigenvalue weighted by molar-refractivity contribution is -0.308. The van der Waals surface area contributed by atoms with Crippen molar-refractivity contribution in [3.05, 3.63) is 11.6 Å². The quantitative estimate of drug-likeness (QED) is 0.232. The van der Waals surface area contributed by atoms with Crippen LogP contribution < -0.4 is 0 Å². The molecule has 4 saturated carbocycles. The molecule has 8 nitrogen and oxygen atoms in total. The van der Waals surface area contributed by atoms with Crippen LogP contribution in [0.2, 0.25) is 0 Å². The molecule has 244 valence electrons. The first-order chi connectivity index (χ1) is 19.9. The molecule has 0 aromatic carbocycles. The van der Waals surface area contributed by atoms with Crippen molar-refractivity contribution in [1.82, 2.24) is 0 Å². The zero-order valence-electron chi connectivity index (χ0n) is 27.3. The minimum absolute atomic E-state index is 0.0313. The zero-order chi connectivity index (χ0) is 31.5. The molecule has 5 N–H and O–H groups in total. The van der Waals surface area contributed by atoms with Crippen molar-refractivity contribution >= 4 is 5.97 Å². The number of carboxylic acid groups (broad SMARTS) is 1. The van der Waals surface area contributed by atoms with Gasteiger partial charge in [-0.1, -0.05) is 53.2 Å². The van der Waals surface area contributed by atoms with E-state index in [2.05, 4.69) is 47.6 Å². The molecule has 14 atom stereocenters. The molecule has 6 aliphatic rings. The Morgan fingerprint density at radius 2 is 1.60 bits per heavy atom. The summed E-state index contributed by atoms with van der Waals surface area (Å²) in [4.78, 5) is 13.0. The van der Waals surface area contributed by atoms with Crippen LogP contribution in [0.3, 0.4) is 0 Å². The van der Waals surface area contributed by atoms with Gasteiger partial charge in [-0.25, -0.2) is 0 Å². The fraction of sp³-hybridized carbons (Fsp3) is 0.914. The van der Waals surface area contributed by atoms with Crippen molar-refractivity contribution in [3.8, 4) is 0 Å². The predicted octanol–water partition coefficient (Wildman–Crippen LogP) is 4.67. The van der Waals surface area contributed by atoms with E-state index in [0.29, 0.717) is 24.7 Å². The minimum atomic E-state index is -1.30. The van der Waals surface area contributed by atoms with Crippen molar-refractivity contribution < 1.29 is 39.8 Å². The van der Waals surface area contributed by atoms with E-state index in [1.54, 1.807) is 0 Å². The summed E-state index contributed by atoms with van der Waals surface area (Å²) >= 11 is 0. The number of aliphatic hydroxyl groups is 4. The number of aliphatic carboxylic acids is 1. The molecule has 5 fully saturated rings. The van der Waals surface area contributed by atoms with Gasteiger partial charge in [0.25, 0.3) is 0 Å². The standard InChI is InChI=1S/C35H56O8/c1-19-10-15-35(29(39)40)17-16-32(5)20(27(35)34(19,7)41)8-9-23-31(4)13-12-24(30(2,3)22(31)11-14-33(23,32)6)43-28-26(38)25(37)21(36)18-42-28/h8,19,21-28,36-38,41H,9-18H2,1-7H3,(H,39,40)/t19-,21-,22-,23+,24-,25-,26+,27+,28+,31-,32+,33+,34+,35-/m0/s1. The maximum atomic E-state index is 13.0. The average molecular weight is 605 g/mol. The van der Waals surface area contributed by atoms with E-state index in [1.807, 2.05) is 6.92 Å². The van der Waals surface area contributed by atoms with Gasteiger partial charge in [0.1, 0.15) is 18.3 Å². The summed E-state index contributed by atoms with van der Waals surface area (Å²) in [5.74, 6) is -0.306. The van der Waals surface area contributed by atoms with Gasteiger partial charge >= 0.3 is 5.97 Å². The van der Waals surface area contributed by atoms with E-state index >= 15 is 0 Å². The number of carbonyl (C=O) groups is 1. The van der Waals surface area contributed by atoms with Crippen molar-refractivity contribution in [2.75, 3.05) is 6.61 Å². The lowest BCUT2D eigenvalue weighted by Gasteiger charge is -2.72. The fourth-order valence-corrected chi connectivity index (χ4v) is 12.1. The first-order valence-corrected chi connectivity index (χ1v) is 16.9. The molecule has 0 bridgehead atoms. The Hall–Kier alpha value is -1.03. The predicted molar refractivity (Wildman–Crippen MR) is 161 cm³/mol. The first-order valence-electron chi connectivity index (χ1n) is 16.9. The summed E-state index contributed by atoms with van der Waals surface area (Å²) in [6, 6.07) is 0. The van der Waals surface area contributed by atoms with Crippen LogP contribution in [0, 0.1) is 50.7 Å². The third-order valence-electron chi connectivity index (χ3n) is 15.2. The number of rotatable bonds is 3. The topological polar surface area (TPSA) is 137 Å². The fourth-order valence-electron chi connectivity index (χ4n) is 12.1. The maximum absolute atomic E-state index is 13.0. The highest BCUT2D eigenvalue weighted by atomic mass is 16.7. The smallest absolute Gasteiger partial charge is 0.310 e. The molecule has 0 radical (unpaired) electrons. The van der Waals surface area contributed by atoms with Crippen LogP contribution in [-0.4, -0.2) is 74.4 Å². The third-order valence-corrected chi connectivity index (χ3v) is 15.2. The molecule has 43 heavy (non-hydrogen) atoms. The van der Waals surface area contributed by atoms with Crippen LogP contribution in [0.5, 0.6) is 0 Å². The third kappa shape index (κ3) is 4.11. The number of ether oxygens (including phenoxy) is 2. The van der Waals surface area contributed by atoms with Gasteiger partial charge in [-0.15, -0.1) is 0 Å². The van der Waals surface area contributed by atoms with Crippen molar-refractivity contribution in [3.63, 3.8) is 0 Å². The normalized spacial score (nSPS) is 56.1. The summed E-state index contributed by atoms with van der Waals surface area (Å²) in [5, 5.41) is 53.4.